The van der Waals surface area contributed by atoms with Crippen molar-refractivity contribution in [1.82, 2.24) is 59.0 Å². The topological polar surface area (TPSA) is 190 Å². The standard InChI is InChI=1S/C27H33FN8O2Si.C21H19FN8O.ClH/c1-6-22-26(37)33(2)23-16-30-27(35-12-11-29-24(35)19-7-9-20(28)10-8-19)32-25(23)36(22)21-15-31-34(17-21)18-38-13-14-39(3,4)5;1-3-16-20(31)28(2)17-12-24-21(27-19(17)30(16)15-10-25-26-11-15)29-9-8-23-18(29)13-4-6-14(22)7-5-13;/h7-12,15-17,22H,6,13-14,18H2,1-5H3;4-12,16H,3H2,1-2H3,(H,25,26);1H. The number of nitrogens with one attached hydrogen (secondary N) is 1. The molecule has 1 N–H and O–H groups in total. The summed E-state index contributed by atoms with van der Waals surface area (Å²) < 4.78 is 38.0. The predicted molar refractivity (Wildman–Crippen MR) is 271 cm³/mol. The molecule has 2 amide bonds. The molecule has 8 aromatic rings. The van der Waals surface area contributed by atoms with Crippen molar-refractivity contribution in [2.45, 2.75) is 71.2 Å². The van der Waals surface area contributed by atoms with Crippen LogP contribution < -0.4 is 19.6 Å². The molecule has 2 aromatic carbocycles. The molecule has 0 spiro atoms. The van der Waals surface area contributed by atoms with Crippen molar-refractivity contribution < 1.29 is 23.1 Å². The fourth-order valence-corrected chi connectivity index (χ4v) is 9.07. The number of imidazole rings is 2. The van der Waals surface area contributed by atoms with Gasteiger partial charge in [-0.25, -0.2) is 33.4 Å². The van der Waals surface area contributed by atoms with Crippen molar-refractivity contribution in [3.05, 3.63) is 122 Å². The maximum Gasteiger partial charge on any atom is 0.250 e. The molecule has 2 atom stereocenters. The average Bonchev–Trinajstić information content (AvgIpc) is 4.22. The Morgan fingerprint density at radius 3 is 1.62 bits per heavy atom. The smallest absolute Gasteiger partial charge is 0.250 e. The Morgan fingerprint density at radius 1 is 0.676 bits per heavy atom. The number of hydrogen-bond donors (Lipinski definition) is 1. The van der Waals surface area contributed by atoms with Crippen molar-refractivity contribution in [2.75, 3.05) is 40.3 Å². The lowest BCUT2D eigenvalue weighted by Crippen LogP contribution is -2.50. The third-order valence-electron chi connectivity index (χ3n) is 12.1. The Bertz CT molecular complexity index is 3120. The molecule has 0 saturated heterocycles. The van der Waals surface area contributed by atoms with Crippen molar-refractivity contribution in [2.24, 2.45) is 0 Å². The van der Waals surface area contributed by atoms with Crippen LogP contribution in [0.4, 0.5) is 43.2 Å². The summed E-state index contributed by atoms with van der Waals surface area (Å²) in [4.78, 5) is 60.9. The number of nitrogens with zero attached hydrogens (tertiary/aromatic N) is 15. The lowest BCUT2D eigenvalue weighted by Gasteiger charge is -2.39. The highest BCUT2D eigenvalue weighted by molar-refractivity contribution is 6.76. The van der Waals surface area contributed by atoms with Crippen molar-refractivity contribution in [3.63, 3.8) is 0 Å². The van der Waals surface area contributed by atoms with Crippen LogP contribution in [0.25, 0.3) is 34.7 Å². The van der Waals surface area contributed by atoms with Crippen LogP contribution in [0.2, 0.25) is 25.7 Å². The van der Waals surface area contributed by atoms with Gasteiger partial charge in [0.15, 0.2) is 11.6 Å². The molecular formula is C48H53ClF2N16O3Si. The number of fused-ring (bicyclic) bond motifs is 2. The summed E-state index contributed by atoms with van der Waals surface area (Å²) in [5.74, 6) is 2.40. The largest absolute Gasteiger partial charge is 0.360 e. The van der Waals surface area contributed by atoms with E-state index < -0.39 is 20.2 Å². The van der Waals surface area contributed by atoms with Crippen LogP contribution in [-0.4, -0.2) is 112 Å². The number of rotatable bonds is 13. The molecule has 2 unspecified atom stereocenters. The lowest BCUT2D eigenvalue weighted by molar-refractivity contribution is -0.120. The van der Waals surface area contributed by atoms with E-state index in [0.717, 1.165) is 28.5 Å². The van der Waals surface area contributed by atoms with E-state index in [1.165, 1.54) is 24.3 Å². The minimum Gasteiger partial charge on any atom is -0.360 e. The first-order valence-electron chi connectivity index (χ1n) is 22.8. The van der Waals surface area contributed by atoms with Gasteiger partial charge in [-0.1, -0.05) is 33.5 Å². The number of ether oxygens (including phenoxy) is 1. The molecule has 0 fully saturated rings. The first kappa shape index (κ1) is 49.7. The number of benzene rings is 2. The molecule has 8 heterocycles. The highest BCUT2D eigenvalue weighted by Gasteiger charge is 2.40. The Kier molecular flexibility index (Phi) is 14.5. The van der Waals surface area contributed by atoms with Crippen LogP contribution in [0.3, 0.4) is 0 Å². The molecule has 23 heteroatoms. The average molecular weight is 1000 g/mol. The van der Waals surface area contributed by atoms with Crippen LogP contribution in [0.1, 0.15) is 26.7 Å². The molecular weight excluding hydrogens is 950 g/mol. The first-order chi connectivity index (χ1) is 33.7. The van der Waals surface area contributed by atoms with E-state index in [1.807, 2.05) is 29.8 Å². The quantitative estimate of drug-likeness (QED) is 0.0857. The molecule has 10 rings (SSSR count). The number of H-pyrrole nitrogens is 1. The van der Waals surface area contributed by atoms with Crippen LogP contribution in [0.5, 0.6) is 0 Å². The highest BCUT2D eigenvalue weighted by atomic mass is 35.5. The Morgan fingerprint density at radius 2 is 1.17 bits per heavy atom. The minimum absolute atomic E-state index is 0. The van der Waals surface area contributed by atoms with Gasteiger partial charge in [-0.2, -0.15) is 20.2 Å². The van der Waals surface area contributed by atoms with Gasteiger partial charge in [0, 0.05) is 70.9 Å². The summed E-state index contributed by atoms with van der Waals surface area (Å²) in [6, 6.07) is 12.4. The fraction of sp³-hybridized carbons (Fsp3) is 0.292. The van der Waals surface area contributed by atoms with E-state index in [0.29, 0.717) is 72.7 Å². The zero-order chi connectivity index (χ0) is 49.3. The summed E-state index contributed by atoms with van der Waals surface area (Å²) in [7, 11) is 2.28. The highest BCUT2D eigenvalue weighted by Crippen LogP contribution is 2.41. The van der Waals surface area contributed by atoms with Gasteiger partial charge < -0.3 is 24.3 Å². The summed E-state index contributed by atoms with van der Waals surface area (Å²) >= 11 is 0. The van der Waals surface area contributed by atoms with E-state index >= 15 is 0 Å². The summed E-state index contributed by atoms with van der Waals surface area (Å²) in [5, 5.41) is 11.3. The van der Waals surface area contributed by atoms with Crippen LogP contribution in [-0.2, 0) is 21.1 Å². The Hall–Kier alpha value is -7.69. The second-order valence-electron chi connectivity index (χ2n) is 17.9. The molecule has 2 aliphatic rings. The third-order valence-corrected chi connectivity index (χ3v) is 13.8. The summed E-state index contributed by atoms with van der Waals surface area (Å²) in [5.41, 5.74) is 4.14. The van der Waals surface area contributed by atoms with Gasteiger partial charge >= 0.3 is 0 Å². The van der Waals surface area contributed by atoms with E-state index in [4.69, 9.17) is 14.7 Å². The van der Waals surface area contributed by atoms with Crippen LogP contribution in [0.15, 0.2) is 110 Å². The molecule has 0 aliphatic carbocycles. The molecule has 71 heavy (non-hydrogen) atoms. The number of amides is 2. The van der Waals surface area contributed by atoms with Crippen molar-refractivity contribution in [1.29, 1.82) is 0 Å². The van der Waals surface area contributed by atoms with Gasteiger partial charge in [-0.05, 0) is 67.4 Å². The van der Waals surface area contributed by atoms with Gasteiger partial charge in [0.1, 0.15) is 53.5 Å². The number of carbonyl (C=O) groups is 2. The second-order valence-corrected chi connectivity index (χ2v) is 23.6. The maximum atomic E-state index is 13.5. The summed E-state index contributed by atoms with van der Waals surface area (Å²) in [6.45, 7) is 11.9. The van der Waals surface area contributed by atoms with E-state index in [-0.39, 0.29) is 35.9 Å². The SMILES string of the molecule is CCC1C(=O)N(C)c2cnc(-n3ccnc3-c3ccc(F)cc3)nc2N1c1cn[nH]c1.CCC1C(=O)N(C)c2cnc(-n3ccnc3-c3ccc(F)cc3)nc2N1c1cnn(COCC[Si](C)(C)C)c1.Cl. The van der Waals surface area contributed by atoms with Crippen LogP contribution >= 0.6 is 12.4 Å². The Balaban J connectivity index is 0.000000192. The zero-order valence-corrected chi connectivity index (χ0v) is 42.0. The third kappa shape index (κ3) is 10.0. The molecule has 0 bridgehead atoms. The normalized spacial score (nSPS) is 15.6. The van der Waals surface area contributed by atoms with Crippen molar-refractivity contribution in [3.8, 4) is 34.7 Å². The van der Waals surface area contributed by atoms with Gasteiger partial charge in [0.05, 0.1) is 42.4 Å². The molecule has 19 nitrogen and oxygen atoms in total. The van der Waals surface area contributed by atoms with Gasteiger partial charge in [-0.15, -0.1) is 12.4 Å². The molecule has 0 radical (unpaired) electrons. The van der Waals surface area contributed by atoms with Gasteiger partial charge in [-0.3, -0.25) is 23.8 Å². The summed E-state index contributed by atoms with van der Waals surface area (Å²) in [6.07, 6.45) is 18.2. The van der Waals surface area contributed by atoms with Gasteiger partial charge in [0.25, 0.3) is 0 Å². The zero-order valence-electron chi connectivity index (χ0n) is 40.2. The number of halogens is 3. The van der Waals surface area contributed by atoms with Crippen LogP contribution in [0, 0.1) is 11.6 Å². The number of likely N-dealkylation sites (N-methyl/N-ethyl adjacent to an activating group) is 2. The molecule has 0 saturated carbocycles. The minimum atomic E-state index is -1.18. The number of aromatic amines is 1. The van der Waals surface area contributed by atoms with Crippen molar-refractivity contribution >= 4 is 66.7 Å². The number of anilines is 6. The lowest BCUT2D eigenvalue weighted by atomic mass is 10.1. The van der Waals surface area contributed by atoms with Gasteiger partial charge in [0.2, 0.25) is 23.7 Å². The molecule has 368 valence electrons. The number of carbonyl (C=O) groups excluding carboxylic acids is 2. The molecule has 2 aliphatic heterocycles. The second kappa shape index (κ2) is 20.7. The fourth-order valence-electron chi connectivity index (χ4n) is 8.31. The molecule has 6 aromatic heterocycles. The predicted octanol–water partition coefficient (Wildman–Crippen LogP) is 8.38. The maximum absolute atomic E-state index is 13.5. The first-order valence-corrected chi connectivity index (χ1v) is 26.5. The van der Waals surface area contributed by atoms with E-state index in [1.54, 1.807) is 118 Å². The number of aromatic nitrogens is 12. The monoisotopic (exact) mass is 1000 g/mol. The Labute approximate surface area is 415 Å². The van der Waals surface area contributed by atoms with E-state index in [2.05, 4.69) is 54.9 Å². The van der Waals surface area contributed by atoms with E-state index in [9.17, 15) is 18.4 Å². The number of hydrogen-bond acceptors (Lipinski definition) is 13.